The van der Waals surface area contributed by atoms with Gasteiger partial charge in [-0.15, -0.1) is 0 Å². The molecular weight excluding hydrogens is 252 g/mol. The van der Waals surface area contributed by atoms with E-state index in [0.29, 0.717) is 5.69 Å². The van der Waals surface area contributed by atoms with Gasteiger partial charge >= 0.3 is 0 Å². The van der Waals surface area contributed by atoms with Crippen LogP contribution < -0.4 is 10.7 Å². The van der Waals surface area contributed by atoms with Crippen molar-refractivity contribution in [1.82, 2.24) is 4.98 Å². The Hall–Kier alpha value is -2.75. The first-order valence-electron chi connectivity index (χ1n) is 6.16. The van der Waals surface area contributed by atoms with Crippen molar-refractivity contribution in [3.63, 3.8) is 0 Å². The molecule has 2 rings (SSSR count). The van der Waals surface area contributed by atoms with Gasteiger partial charge < -0.3 is 5.32 Å². The van der Waals surface area contributed by atoms with Crippen LogP contribution in [0, 0.1) is 0 Å². The number of carbonyl (C=O) groups is 1. The van der Waals surface area contributed by atoms with Crippen molar-refractivity contribution in [2.24, 2.45) is 0 Å². The molecule has 0 bridgehead atoms. The molecule has 0 saturated heterocycles. The molecule has 0 fully saturated rings. The predicted molar refractivity (Wildman–Crippen MR) is 79.9 cm³/mol. The first kappa shape index (κ1) is 13.7. The van der Waals surface area contributed by atoms with Crippen LogP contribution in [0.4, 0.5) is 5.69 Å². The van der Waals surface area contributed by atoms with Gasteiger partial charge in [0, 0.05) is 19.4 Å². The van der Waals surface area contributed by atoms with Crippen LogP contribution in [0.15, 0.2) is 59.7 Å². The number of carbonyl (C=O) groups excluding carboxylic acids is 1. The standard InChI is InChI=1S/C16H14N2O2/c1-17-14-7-3-2-6-13(16(14)20)15(19)9-8-12-5-4-10-18-11-12/h2-11H,1H3,(H,17,20). The Morgan fingerprint density at radius 3 is 2.70 bits per heavy atom. The van der Waals surface area contributed by atoms with Gasteiger partial charge in [0.25, 0.3) is 0 Å². The lowest BCUT2D eigenvalue weighted by Crippen LogP contribution is -2.14. The Morgan fingerprint density at radius 2 is 2.00 bits per heavy atom. The zero-order chi connectivity index (χ0) is 14.4. The Bertz CT molecular complexity index is 694. The van der Waals surface area contributed by atoms with E-state index in [1.807, 2.05) is 6.07 Å². The maximum Gasteiger partial charge on any atom is 0.212 e. The Kier molecular flexibility index (Phi) is 4.39. The number of rotatable bonds is 4. The second-order valence-corrected chi connectivity index (χ2v) is 4.11. The van der Waals surface area contributed by atoms with Gasteiger partial charge in [-0.3, -0.25) is 14.6 Å². The summed E-state index contributed by atoms with van der Waals surface area (Å²) in [5.41, 5.74) is 1.04. The fourth-order valence-corrected chi connectivity index (χ4v) is 1.73. The largest absolute Gasteiger partial charge is 0.385 e. The van der Waals surface area contributed by atoms with E-state index in [-0.39, 0.29) is 16.8 Å². The molecule has 0 spiro atoms. The summed E-state index contributed by atoms with van der Waals surface area (Å²) in [5, 5.41) is 2.79. The second kappa shape index (κ2) is 6.43. The van der Waals surface area contributed by atoms with Crippen molar-refractivity contribution in [2.75, 3.05) is 12.4 Å². The summed E-state index contributed by atoms with van der Waals surface area (Å²) in [7, 11) is 1.65. The highest BCUT2D eigenvalue weighted by Gasteiger charge is 2.08. The van der Waals surface area contributed by atoms with Crippen molar-refractivity contribution >= 4 is 17.5 Å². The summed E-state index contributed by atoms with van der Waals surface area (Å²) in [6.07, 6.45) is 6.32. The number of anilines is 1. The first-order chi connectivity index (χ1) is 9.72. The molecule has 1 aromatic carbocycles. The minimum absolute atomic E-state index is 0.138. The lowest BCUT2D eigenvalue weighted by atomic mass is 10.1. The minimum atomic E-state index is -0.327. The Labute approximate surface area is 116 Å². The third-order valence-corrected chi connectivity index (χ3v) is 2.77. The van der Waals surface area contributed by atoms with Crippen molar-refractivity contribution in [3.8, 4) is 0 Å². The monoisotopic (exact) mass is 266 g/mol. The number of nitrogens with one attached hydrogen (secondary N) is 1. The maximum absolute atomic E-state index is 12.1. The number of ketones is 1. The number of nitrogens with zero attached hydrogens (tertiary/aromatic N) is 1. The van der Waals surface area contributed by atoms with E-state index in [2.05, 4.69) is 10.3 Å². The van der Waals surface area contributed by atoms with Crippen LogP contribution in [0.25, 0.3) is 6.08 Å². The average molecular weight is 266 g/mol. The highest BCUT2D eigenvalue weighted by Crippen LogP contribution is 2.04. The van der Waals surface area contributed by atoms with E-state index in [1.54, 1.807) is 49.8 Å². The summed E-state index contributed by atoms with van der Waals surface area (Å²) in [6, 6.07) is 10.2. The topological polar surface area (TPSA) is 59.1 Å². The molecule has 1 aromatic heterocycles. The molecule has 20 heavy (non-hydrogen) atoms. The third-order valence-electron chi connectivity index (χ3n) is 2.77. The summed E-state index contributed by atoms with van der Waals surface area (Å²) >= 11 is 0. The Balaban J connectivity index is 2.34. The molecule has 1 N–H and O–H groups in total. The van der Waals surface area contributed by atoms with Crippen molar-refractivity contribution < 1.29 is 4.79 Å². The van der Waals surface area contributed by atoms with Gasteiger partial charge in [-0.1, -0.05) is 18.2 Å². The fourth-order valence-electron chi connectivity index (χ4n) is 1.73. The van der Waals surface area contributed by atoms with Gasteiger partial charge in [0.15, 0.2) is 5.78 Å². The van der Waals surface area contributed by atoms with Crippen LogP contribution in [0.1, 0.15) is 15.9 Å². The van der Waals surface area contributed by atoms with Gasteiger partial charge in [-0.2, -0.15) is 0 Å². The summed E-state index contributed by atoms with van der Waals surface area (Å²) in [6.45, 7) is 0. The normalized spacial score (nSPS) is 10.4. The van der Waals surface area contributed by atoms with Crippen LogP contribution >= 0.6 is 0 Å². The van der Waals surface area contributed by atoms with Gasteiger partial charge in [0.1, 0.15) is 0 Å². The van der Waals surface area contributed by atoms with E-state index < -0.39 is 0 Å². The number of pyridine rings is 1. The smallest absolute Gasteiger partial charge is 0.212 e. The molecule has 0 saturated carbocycles. The molecule has 0 unspecified atom stereocenters. The molecule has 4 nitrogen and oxygen atoms in total. The predicted octanol–water partition coefficient (Wildman–Crippen LogP) is 2.38. The van der Waals surface area contributed by atoms with Crippen LogP contribution in [-0.4, -0.2) is 17.8 Å². The summed E-state index contributed by atoms with van der Waals surface area (Å²) < 4.78 is 0. The van der Waals surface area contributed by atoms with Gasteiger partial charge in [-0.05, 0) is 35.9 Å². The lowest BCUT2D eigenvalue weighted by Gasteiger charge is -1.95. The molecule has 2 aromatic rings. The SMILES string of the molecule is CNc1ccccc(C(=O)C=Cc2cccnc2)c1=O. The molecule has 0 atom stereocenters. The molecule has 0 aliphatic rings. The van der Waals surface area contributed by atoms with E-state index in [1.165, 1.54) is 12.1 Å². The zero-order valence-corrected chi connectivity index (χ0v) is 11.0. The van der Waals surface area contributed by atoms with Crippen molar-refractivity contribution in [2.45, 2.75) is 0 Å². The molecule has 0 aliphatic heterocycles. The van der Waals surface area contributed by atoms with Crippen LogP contribution in [0.2, 0.25) is 0 Å². The fraction of sp³-hybridized carbons (Fsp3) is 0.0625. The molecule has 100 valence electrons. The third kappa shape index (κ3) is 3.17. The van der Waals surface area contributed by atoms with Gasteiger partial charge in [0.2, 0.25) is 5.43 Å². The van der Waals surface area contributed by atoms with Gasteiger partial charge in [-0.25, -0.2) is 0 Å². The molecule has 4 heteroatoms. The minimum Gasteiger partial charge on any atom is -0.385 e. The number of aromatic nitrogens is 1. The molecule has 0 radical (unpaired) electrons. The van der Waals surface area contributed by atoms with Crippen molar-refractivity contribution in [3.05, 3.63) is 76.2 Å². The highest BCUT2D eigenvalue weighted by atomic mass is 16.1. The van der Waals surface area contributed by atoms with Crippen molar-refractivity contribution in [1.29, 1.82) is 0 Å². The molecule has 0 amide bonds. The summed E-state index contributed by atoms with van der Waals surface area (Å²) in [5.74, 6) is -0.327. The first-order valence-corrected chi connectivity index (χ1v) is 6.16. The maximum atomic E-state index is 12.1. The number of allylic oxidation sites excluding steroid dienone is 1. The molecule has 0 aliphatic carbocycles. The van der Waals surface area contributed by atoms with E-state index >= 15 is 0 Å². The average Bonchev–Trinajstić information content (AvgIpc) is 2.67. The quantitative estimate of drug-likeness (QED) is 0.682. The second-order valence-electron chi connectivity index (χ2n) is 4.11. The zero-order valence-electron chi connectivity index (χ0n) is 11.0. The van der Waals surface area contributed by atoms with Crippen LogP contribution in [0.3, 0.4) is 0 Å². The van der Waals surface area contributed by atoms with E-state index in [4.69, 9.17) is 0 Å². The number of hydrogen-bond acceptors (Lipinski definition) is 4. The van der Waals surface area contributed by atoms with E-state index in [9.17, 15) is 9.59 Å². The summed E-state index contributed by atoms with van der Waals surface area (Å²) in [4.78, 5) is 28.2. The highest BCUT2D eigenvalue weighted by molar-refractivity contribution is 6.07. The number of hydrogen-bond donors (Lipinski definition) is 1. The van der Waals surface area contributed by atoms with Gasteiger partial charge in [0.05, 0.1) is 11.3 Å². The van der Waals surface area contributed by atoms with Crippen LogP contribution in [-0.2, 0) is 0 Å². The Morgan fingerprint density at radius 1 is 1.20 bits per heavy atom. The van der Waals surface area contributed by atoms with Crippen LogP contribution in [0.5, 0.6) is 0 Å². The lowest BCUT2D eigenvalue weighted by molar-refractivity contribution is 0.104. The molecule has 1 heterocycles. The van der Waals surface area contributed by atoms with E-state index in [0.717, 1.165) is 5.56 Å². The molecular formula is C16H14N2O2.